The smallest absolute Gasteiger partial charge is 0.235 e. The molecule has 0 amide bonds. The first-order valence-corrected chi connectivity index (χ1v) is 17.9. The van der Waals surface area contributed by atoms with E-state index in [-0.39, 0.29) is 5.41 Å². The van der Waals surface area contributed by atoms with Gasteiger partial charge in [-0.2, -0.15) is 0 Å². The first-order valence-electron chi connectivity index (χ1n) is 17.9. The predicted molar refractivity (Wildman–Crippen MR) is 213 cm³/mol. The van der Waals surface area contributed by atoms with Gasteiger partial charge in [0.2, 0.25) is 5.95 Å². The largest absolute Gasteiger partial charge is 0.316 e. The quantitative estimate of drug-likeness (QED) is 0.187. The van der Waals surface area contributed by atoms with Crippen LogP contribution >= 0.6 is 0 Å². The molecule has 0 radical (unpaired) electrons. The molecule has 0 spiro atoms. The lowest BCUT2D eigenvalue weighted by Gasteiger charge is -2.25. The minimum atomic E-state index is -0.219. The Morgan fingerprint density at radius 3 is 1.96 bits per heavy atom. The van der Waals surface area contributed by atoms with Crippen molar-refractivity contribution in [2.45, 2.75) is 19.3 Å². The van der Waals surface area contributed by atoms with Crippen LogP contribution in [0.15, 0.2) is 164 Å². The molecule has 1 aliphatic rings. The molecule has 0 saturated heterocycles. The van der Waals surface area contributed by atoms with E-state index >= 15 is 0 Å². The molecule has 0 saturated carbocycles. The van der Waals surface area contributed by atoms with Gasteiger partial charge in [-0.3, -0.25) is 4.57 Å². The van der Waals surface area contributed by atoms with E-state index in [1.54, 1.807) is 0 Å². The third kappa shape index (κ3) is 3.93. The summed E-state index contributed by atoms with van der Waals surface area (Å²) in [6.45, 7) is 4.69. The van der Waals surface area contributed by atoms with Gasteiger partial charge in [-0.05, 0) is 70.8 Å². The molecule has 10 aromatic rings. The molecule has 0 N–H and O–H groups in total. The van der Waals surface area contributed by atoms with Crippen molar-refractivity contribution in [2.24, 2.45) is 0 Å². The lowest BCUT2D eigenvalue weighted by Crippen LogP contribution is -2.17. The Hall–Kier alpha value is -6.72. The highest BCUT2D eigenvalue weighted by atomic mass is 15.2. The highest BCUT2D eigenvalue weighted by molar-refractivity contribution is 6.18. The average molecular weight is 668 g/mol. The Kier molecular flexibility index (Phi) is 5.95. The van der Waals surface area contributed by atoms with Crippen LogP contribution in [-0.4, -0.2) is 23.7 Å². The molecule has 11 rings (SSSR count). The Balaban J connectivity index is 1.26. The van der Waals surface area contributed by atoms with E-state index in [1.165, 1.54) is 33.0 Å². The molecule has 52 heavy (non-hydrogen) atoms. The molecule has 0 fully saturated rings. The van der Waals surface area contributed by atoms with Crippen molar-refractivity contribution in [1.29, 1.82) is 0 Å². The highest BCUT2D eigenvalue weighted by Gasteiger charge is 2.38. The molecule has 4 heterocycles. The van der Waals surface area contributed by atoms with E-state index in [2.05, 4.69) is 192 Å². The van der Waals surface area contributed by atoms with Crippen molar-refractivity contribution in [1.82, 2.24) is 23.7 Å². The maximum Gasteiger partial charge on any atom is 0.235 e. The summed E-state index contributed by atoms with van der Waals surface area (Å²) in [6, 6.07) is 54.1. The van der Waals surface area contributed by atoms with Gasteiger partial charge in [0.1, 0.15) is 5.69 Å². The molecule has 4 aromatic heterocycles. The summed E-state index contributed by atoms with van der Waals surface area (Å²) < 4.78 is 6.79. The van der Waals surface area contributed by atoms with Crippen molar-refractivity contribution in [3.8, 4) is 39.7 Å². The lowest BCUT2D eigenvalue weighted by molar-refractivity contribution is 0.662. The Morgan fingerprint density at radius 2 is 1.13 bits per heavy atom. The minimum Gasteiger partial charge on any atom is -0.316 e. The van der Waals surface area contributed by atoms with Crippen molar-refractivity contribution >= 4 is 43.7 Å². The number of para-hydroxylation sites is 3. The molecule has 5 heteroatoms. The van der Waals surface area contributed by atoms with E-state index < -0.39 is 0 Å². The standard InChI is InChI=1S/C47H33N5/c1-47(2)38-22-11-9-18-32(38)34-20-13-21-37(42(34)47)43-45-39(27-29-51(45)31-16-7-4-8-17-31)48-46(49-43)52-41-23-12-10-19-33(41)35-24-25-40-36(44(35)52)26-28-50(40)30-14-5-3-6-15-30/h3-29H,1-2H3. The number of benzene rings is 6. The topological polar surface area (TPSA) is 40.6 Å². The molecule has 0 aliphatic heterocycles. The van der Waals surface area contributed by atoms with Gasteiger partial charge < -0.3 is 9.13 Å². The normalized spacial score (nSPS) is 13.3. The van der Waals surface area contributed by atoms with Gasteiger partial charge in [0.05, 0.1) is 27.6 Å². The Labute approximate surface area is 300 Å². The number of aromatic nitrogens is 5. The van der Waals surface area contributed by atoms with E-state index in [9.17, 15) is 0 Å². The van der Waals surface area contributed by atoms with Gasteiger partial charge in [0, 0.05) is 50.9 Å². The second kappa shape index (κ2) is 10.6. The number of rotatable bonds is 4. The van der Waals surface area contributed by atoms with E-state index in [4.69, 9.17) is 9.97 Å². The van der Waals surface area contributed by atoms with Gasteiger partial charge in [-0.1, -0.05) is 117 Å². The number of fused-ring (bicyclic) bond motifs is 9. The monoisotopic (exact) mass is 667 g/mol. The van der Waals surface area contributed by atoms with Crippen molar-refractivity contribution < 1.29 is 0 Å². The Bertz CT molecular complexity index is 3030. The fraction of sp³-hybridized carbons (Fsp3) is 0.0638. The number of hydrogen-bond acceptors (Lipinski definition) is 2. The third-order valence-electron chi connectivity index (χ3n) is 11.1. The molecule has 1 aliphatic carbocycles. The van der Waals surface area contributed by atoms with Gasteiger partial charge in [-0.25, -0.2) is 9.97 Å². The molecule has 246 valence electrons. The zero-order chi connectivity index (χ0) is 34.6. The van der Waals surface area contributed by atoms with Crippen molar-refractivity contribution in [3.05, 3.63) is 175 Å². The van der Waals surface area contributed by atoms with Crippen LogP contribution in [-0.2, 0) is 5.41 Å². The summed E-state index contributed by atoms with van der Waals surface area (Å²) in [4.78, 5) is 11.1. The van der Waals surface area contributed by atoms with Crippen LogP contribution in [0.5, 0.6) is 0 Å². The van der Waals surface area contributed by atoms with Crippen LogP contribution in [0.25, 0.3) is 83.4 Å². The van der Waals surface area contributed by atoms with Gasteiger partial charge in [0.15, 0.2) is 0 Å². The van der Waals surface area contributed by atoms with Crippen LogP contribution in [0.3, 0.4) is 0 Å². The molecule has 5 nitrogen and oxygen atoms in total. The minimum absolute atomic E-state index is 0.219. The maximum absolute atomic E-state index is 5.67. The molecular formula is C47H33N5. The second-order valence-electron chi connectivity index (χ2n) is 14.3. The summed E-state index contributed by atoms with van der Waals surface area (Å²) in [7, 11) is 0. The van der Waals surface area contributed by atoms with Crippen molar-refractivity contribution in [2.75, 3.05) is 0 Å². The van der Waals surface area contributed by atoms with E-state index in [1.807, 2.05) is 0 Å². The van der Waals surface area contributed by atoms with Gasteiger partial charge >= 0.3 is 0 Å². The predicted octanol–water partition coefficient (Wildman–Crippen LogP) is 11.4. The van der Waals surface area contributed by atoms with Crippen molar-refractivity contribution in [3.63, 3.8) is 0 Å². The number of nitrogens with zero attached hydrogens (tertiary/aromatic N) is 5. The van der Waals surface area contributed by atoms with Crippen LogP contribution in [0.2, 0.25) is 0 Å². The average Bonchev–Trinajstić information content (AvgIpc) is 3.96. The maximum atomic E-state index is 5.67. The summed E-state index contributed by atoms with van der Waals surface area (Å²) in [5, 5.41) is 3.51. The molecular weight excluding hydrogens is 635 g/mol. The zero-order valence-corrected chi connectivity index (χ0v) is 28.8. The van der Waals surface area contributed by atoms with Gasteiger partial charge in [-0.15, -0.1) is 0 Å². The summed E-state index contributed by atoms with van der Waals surface area (Å²) >= 11 is 0. The van der Waals surface area contributed by atoms with E-state index in [0.717, 1.165) is 55.6 Å². The fourth-order valence-electron chi connectivity index (χ4n) is 8.87. The lowest BCUT2D eigenvalue weighted by atomic mass is 9.79. The van der Waals surface area contributed by atoms with Crippen LogP contribution in [0.4, 0.5) is 0 Å². The SMILES string of the molecule is CC1(C)c2ccccc2-c2cccc(-c3nc(-n4c5ccccc5c5ccc6c(ccn6-c6ccccc6)c54)nc4ccn(-c5ccccc5)c34)c21. The summed E-state index contributed by atoms with van der Waals surface area (Å²) in [6.07, 6.45) is 4.30. The van der Waals surface area contributed by atoms with Crippen LogP contribution in [0.1, 0.15) is 25.0 Å². The summed E-state index contributed by atoms with van der Waals surface area (Å²) in [5.74, 6) is 0.658. The third-order valence-corrected chi connectivity index (χ3v) is 11.1. The van der Waals surface area contributed by atoms with E-state index in [0.29, 0.717) is 5.95 Å². The Morgan fingerprint density at radius 1 is 0.462 bits per heavy atom. The zero-order valence-electron chi connectivity index (χ0n) is 28.8. The molecule has 0 unspecified atom stereocenters. The summed E-state index contributed by atoms with van der Waals surface area (Å²) in [5.41, 5.74) is 14.5. The first-order chi connectivity index (χ1) is 25.6. The molecule has 0 atom stereocenters. The van der Waals surface area contributed by atoms with Crippen LogP contribution < -0.4 is 0 Å². The number of hydrogen-bond donors (Lipinski definition) is 0. The second-order valence-corrected chi connectivity index (χ2v) is 14.3. The van der Waals surface area contributed by atoms with Crippen LogP contribution in [0, 0.1) is 0 Å². The van der Waals surface area contributed by atoms with Gasteiger partial charge in [0.25, 0.3) is 0 Å². The molecule has 0 bridgehead atoms. The highest BCUT2D eigenvalue weighted by Crippen LogP contribution is 2.52. The molecule has 6 aromatic carbocycles. The fourth-order valence-corrected chi connectivity index (χ4v) is 8.87. The first kappa shape index (κ1) is 29.1.